The SMILES string of the molecule is CC(C)(c1cc(N)on1)C1CC(OCc2ccccc2)C1. The molecule has 1 aliphatic carbocycles. The summed E-state index contributed by atoms with van der Waals surface area (Å²) in [4.78, 5) is 0. The van der Waals surface area contributed by atoms with E-state index in [1.54, 1.807) is 0 Å². The quantitative estimate of drug-likeness (QED) is 0.913. The number of nitrogens with two attached hydrogens (primary N) is 1. The number of hydrogen-bond donors (Lipinski definition) is 1. The minimum atomic E-state index is -0.0201. The number of anilines is 1. The standard InChI is InChI=1S/C17H22N2O2/c1-17(2,15-10-16(18)21-19-15)13-8-14(9-13)20-11-12-6-4-3-5-7-12/h3-7,10,13-14H,8-9,11,18H2,1-2H3. The summed E-state index contributed by atoms with van der Waals surface area (Å²) in [7, 11) is 0. The first-order valence-corrected chi connectivity index (χ1v) is 7.44. The zero-order valence-electron chi connectivity index (χ0n) is 12.6. The third-order valence-corrected chi connectivity index (χ3v) is 4.63. The molecule has 0 bridgehead atoms. The number of nitrogens with zero attached hydrogens (tertiary/aromatic N) is 1. The Kier molecular flexibility index (Phi) is 3.72. The van der Waals surface area contributed by atoms with Gasteiger partial charge >= 0.3 is 0 Å². The van der Waals surface area contributed by atoms with Gasteiger partial charge in [0.15, 0.2) is 0 Å². The second-order valence-corrected chi connectivity index (χ2v) is 6.42. The van der Waals surface area contributed by atoms with Crippen LogP contribution < -0.4 is 5.73 Å². The van der Waals surface area contributed by atoms with E-state index in [1.807, 2.05) is 24.3 Å². The van der Waals surface area contributed by atoms with E-state index < -0.39 is 0 Å². The first-order valence-electron chi connectivity index (χ1n) is 7.44. The molecule has 21 heavy (non-hydrogen) atoms. The van der Waals surface area contributed by atoms with Crippen LogP contribution in [0.4, 0.5) is 5.88 Å². The highest BCUT2D eigenvalue weighted by atomic mass is 16.5. The average Bonchev–Trinajstić information content (AvgIpc) is 2.85. The Morgan fingerprint density at radius 2 is 2.00 bits per heavy atom. The Bertz CT molecular complexity index is 586. The number of aromatic nitrogens is 1. The molecule has 1 aliphatic rings. The van der Waals surface area contributed by atoms with E-state index >= 15 is 0 Å². The van der Waals surface area contributed by atoms with Gasteiger partial charge in [-0.15, -0.1) is 0 Å². The van der Waals surface area contributed by atoms with Crippen molar-refractivity contribution in [1.82, 2.24) is 5.16 Å². The summed E-state index contributed by atoms with van der Waals surface area (Å²) in [6, 6.07) is 12.1. The topological polar surface area (TPSA) is 61.3 Å². The van der Waals surface area contributed by atoms with Gasteiger partial charge in [-0.2, -0.15) is 0 Å². The average molecular weight is 286 g/mol. The highest BCUT2D eigenvalue weighted by Crippen LogP contribution is 2.45. The predicted octanol–water partition coefficient (Wildman–Crippen LogP) is 3.53. The van der Waals surface area contributed by atoms with E-state index in [-0.39, 0.29) is 5.41 Å². The van der Waals surface area contributed by atoms with Crippen LogP contribution in [0.15, 0.2) is 40.9 Å². The first kappa shape index (κ1) is 14.1. The highest BCUT2D eigenvalue weighted by Gasteiger charge is 2.43. The van der Waals surface area contributed by atoms with Crippen molar-refractivity contribution in [2.45, 2.75) is 44.8 Å². The van der Waals surface area contributed by atoms with Gasteiger partial charge in [0.1, 0.15) is 0 Å². The summed E-state index contributed by atoms with van der Waals surface area (Å²) >= 11 is 0. The summed E-state index contributed by atoms with van der Waals surface area (Å²) in [5, 5.41) is 4.07. The van der Waals surface area contributed by atoms with Gasteiger partial charge < -0.3 is 15.0 Å². The number of benzene rings is 1. The lowest BCUT2D eigenvalue weighted by molar-refractivity contribution is -0.0593. The molecule has 0 saturated heterocycles. The van der Waals surface area contributed by atoms with Crippen molar-refractivity contribution in [3.8, 4) is 0 Å². The number of rotatable bonds is 5. The van der Waals surface area contributed by atoms with Gasteiger partial charge in [-0.25, -0.2) is 0 Å². The number of hydrogen-bond acceptors (Lipinski definition) is 4. The van der Waals surface area contributed by atoms with Gasteiger partial charge in [0.05, 0.1) is 18.4 Å². The largest absolute Gasteiger partial charge is 0.374 e. The maximum absolute atomic E-state index is 5.96. The molecule has 1 aromatic carbocycles. The summed E-state index contributed by atoms with van der Waals surface area (Å²) < 4.78 is 11.0. The molecular formula is C17H22N2O2. The zero-order chi connectivity index (χ0) is 14.9. The van der Waals surface area contributed by atoms with Gasteiger partial charge in [-0.05, 0) is 24.3 Å². The molecule has 2 aromatic rings. The van der Waals surface area contributed by atoms with Gasteiger partial charge in [0.2, 0.25) is 5.88 Å². The predicted molar refractivity (Wildman–Crippen MR) is 81.7 cm³/mol. The molecule has 3 rings (SSSR count). The van der Waals surface area contributed by atoms with Gasteiger partial charge in [0.25, 0.3) is 0 Å². The summed E-state index contributed by atoms with van der Waals surface area (Å²) in [6.45, 7) is 5.08. The molecule has 0 radical (unpaired) electrons. The van der Waals surface area contributed by atoms with Crippen LogP contribution in [0.3, 0.4) is 0 Å². The molecule has 4 heteroatoms. The minimum Gasteiger partial charge on any atom is -0.374 e. The Morgan fingerprint density at radius 3 is 2.62 bits per heavy atom. The molecule has 1 heterocycles. The Labute approximate surface area is 125 Å². The summed E-state index contributed by atoms with van der Waals surface area (Å²) in [5.41, 5.74) is 7.76. The first-order chi connectivity index (χ1) is 10.1. The smallest absolute Gasteiger partial charge is 0.222 e. The molecule has 1 saturated carbocycles. The van der Waals surface area contributed by atoms with Gasteiger partial charge in [0, 0.05) is 11.5 Å². The zero-order valence-corrected chi connectivity index (χ0v) is 12.6. The van der Waals surface area contributed by atoms with Crippen LogP contribution in [-0.2, 0) is 16.8 Å². The lowest BCUT2D eigenvalue weighted by Gasteiger charge is -2.44. The van der Waals surface area contributed by atoms with Crippen LogP contribution in [0, 0.1) is 5.92 Å². The molecule has 4 nitrogen and oxygen atoms in total. The third kappa shape index (κ3) is 2.95. The Morgan fingerprint density at radius 1 is 1.29 bits per heavy atom. The fourth-order valence-corrected chi connectivity index (χ4v) is 2.88. The normalized spacial score (nSPS) is 22.0. The van der Waals surface area contributed by atoms with Crippen LogP contribution in [0.5, 0.6) is 0 Å². The van der Waals surface area contributed by atoms with Crippen molar-refractivity contribution >= 4 is 5.88 Å². The second-order valence-electron chi connectivity index (χ2n) is 6.42. The van der Waals surface area contributed by atoms with Crippen molar-refractivity contribution in [3.63, 3.8) is 0 Å². The van der Waals surface area contributed by atoms with Crippen LogP contribution in [0.2, 0.25) is 0 Å². The number of ether oxygens (including phenoxy) is 1. The van der Waals surface area contributed by atoms with E-state index in [4.69, 9.17) is 15.0 Å². The van der Waals surface area contributed by atoms with Crippen LogP contribution in [-0.4, -0.2) is 11.3 Å². The van der Waals surface area contributed by atoms with E-state index in [1.165, 1.54) is 5.56 Å². The molecule has 1 fully saturated rings. The monoisotopic (exact) mass is 286 g/mol. The molecule has 0 unspecified atom stereocenters. The Balaban J connectivity index is 1.51. The molecular weight excluding hydrogens is 264 g/mol. The van der Waals surface area contributed by atoms with E-state index in [0.717, 1.165) is 18.5 Å². The van der Waals surface area contributed by atoms with Crippen molar-refractivity contribution in [2.75, 3.05) is 5.73 Å². The molecule has 0 aliphatic heterocycles. The lowest BCUT2D eigenvalue weighted by atomic mass is 9.64. The van der Waals surface area contributed by atoms with Crippen LogP contribution >= 0.6 is 0 Å². The van der Waals surface area contributed by atoms with Crippen molar-refractivity contribution in [1.29, 1.82) is 0 Å². The number of nitrogen functional groups attached to an aromatic ring is 1. The fourth-order valence-electron chi connectivity index (χ4n) is 2.88. The van der Waals surface area contributed by atoms with Crippen molar-refractivity contribution in [3.05, 3.63) is 47.7 Å². The van der Waals surface area contributed by atoms with Gasteiger partial charge in [-0.1, -0.05) is 49.3 Å². The highest BCUT2D eigenvalue weighted by molar-refractivity contribution is 5.29. The molecule has 112 valence electrons. The van der Waals surface area contributed by atoms with Crippen molar-refractivity contribution in [2.24, 2.45) is 5.92 Å². The minimum absolute atomic E-state index is 0.0201. The molecule has 1 aromatic heterocycles. The Hall–Kier alpha value is -1.81. The third-order valence-electron chi connectivity index (χ3n) is 4.63. The van der Waals surface area contributed by atoms with Crippen LogP contribution in [0.25, 0.3) is 0 Å². The maximum Gasteiger partial charge on any atom is 0.222 e. The molecule has 0 amide bonds. The van der Waals surface area contributed by atoms with E-state index in [0.29, 0.717) is 24.5 Å². The van der Waals surface area contributed by atoms with E-state index in [2.05, 4.69) is 31.1 Å². The van der Waals surface area contributed by atoms with Gasteiger partial charge in [-0.3, -0.25) is 0 Å². The van der Waals surface area contributed by atoms with Crippen LogP contribution in [0.1, 0.15) is 37.9 Å². The molecule has 0 spiro atoms. The van der Waals surface area contributed by atoms with E-state index in [9.17, 15) is 0 Å². The fraction of sp³-hybridized carbons (Fsp3) is 0.471. The molecule has 2 N–H and O–H groups in total. The summed E-state index contributed by atoms with van der Waals surface area (Å²) in [6.07, 6.45) is 2.47. The molecule has 0 atom stereocenters. The van der Waals surface area contributed by atoms with Crippen molar-refractivity contribution < 1.29 is 9.26 Å². The second kappa shape index (κ2) is 5.53. The lowest BCUT2D eigenvalue weighted by Crippen LogP contribution is -2.42. The summed E-state index contributed by atoms with van der Waals surface area (Å²) in [5.74, 6) is 0.942. The maximum atomic E-state index is 5.96.